The van der Waals surface area contributed by atoms with Crippen molar-refractivity contribution in [1.82, 2.24) is 0 Å². The molecule has 1 saturated carbocycles. The van der Waals surface area contributed by atoms with Gasteiger partial charge in [0.05, 0.1) is 12.2 Å². The summed E-state index contributed by atoms with van der Waals surface area (Å²) in [5, 5.41) is 19.6. The zero-order chi connectivity index (χ0) is 11.6. The summed E-state index contributed by atoms with van der Waals surface area (Å²) in [4.78, 5) is 0. The van der Waals surface area contributed by atoms with E-state index in [1.54, 1.807) is 0 Å². The Morgan fingerprint density at radius 3 is 2.33 bits per heavy atom. The Morgan fingerprint density at radius 2 is 1.93 bits per heavy atom. The molecule has 90 valence electrons. The van der Waals surface area contributed by atoms with Gasteiger partial charge in [0.25, 0.3) is 0 Å². The maximum absolute atomic E-state index is 10.1. The third kappa shape index (κ3) is 3.46. The van der Waals surface area contributed by atoms with E-state index in [9.17, 15) is 10.2 Å². The monoisotopic (exact) mass is 214 g/mol. The van der Waals surface area contributed by atoms with Crippen molar-refractivity contribution in [2.45, 2.75) is 65.6 Å². The standard InChI is InChI=1S/C13H26O2/c1-9(2)11-5-6-13(4,7-10(3)14)8-12(11)15/h9-12,14-15H,5-8H2,1-4H3. The molecular formula is C13H26O2. The Hall–Kier alpha value is -0.0800. The van der Waals surface area contributed by atoms with Crippen molar-refractivity contribution in [2.24, 2.45) is 17.3 Å². The van der Waals surface area contributed by atoms with E-state index in [1.807, 2.05) is 6.92 Å². The normalized spacial score (nSPS) is 39.4. The smallest absolute Gasteiger partial charge is 0.0576 e. The summed E-state index contributed by atoms with van der Waals surface area (Å²) >= 11 is 0. The summed E-state index contributed by atoms with van der Waals surface area (Å²) in [6.45, 7) is 8.40. The molecule has 0 heterocycles. The maximum atomic E-state index is 10.1. The maximum Gasteiger partial charge on any atom is 0.0576 e. The molecule has 2 nitrogen and oxygen atoms in total. The van der Waals surface area contributed by atoms with Gasteiger partial charge in [-0.3, -0.25) is 0 Å². The summed E-state index contributed by atoms with van der Waals surface area (Å²) in [6, 6.07) is 0. The molecule has 1 aliphatic carbocycles. The van der Waals surface area contributed by atoms with Crippen molar-refractivity contribution in [3.8, 4) is 0 Å². The molecule has 2 N–H and O–H groups in total. The van der Waals surface area contributed by atoms with Crippen molar-refractivity contribution < 1.29 is 10.2 Å². The van der Waals surface area contributed by atoms with Crippen molar-refractivity contribution in [3.05, 3.63) is 0 Å². The van der Waals surface area contributed by atoms with Crippen LogP contribution in [0.5, 0.6) is 0 Å². The van der Waals surface area contributed by atoms with E-state index in [4.69, 9.17) is 0 Å². The quantitative estimate of drug-likeness (QED) is 0.758. The average molecular weight is 214 g/mol. The van der Waals surface area contributed by atoms with Gasteiger partial charge >= 0.3 is 0 Å². The van der Waals surface area contributed by atoms with Gasteiger partial charge in [0.2, 0.25) is 0 Å². The van der Waals surface area contributed by atoms with Crippen LogP contribution in [0.15, 0.2) is 0 Å². The molecule has 1 rings (SSSR count). The van der Waals surface area contributed by atoms with E-state index in [0.717, 1.165) is 25.7 Å². The first-order valence-corrected chi connectivity index (χ1v) is 6.20. The lowest BCUT2D eigenvalue weighted by Crippen LogP contribution is -2.39. The highest BCUT2D eigenvalue weighted by atomic mass is 16.3. The molecule has 0 aromatic heterocycles. The minimum absolute atomic E-state index is 0.138. The predicted octanol–water partition coefficient (Wildman–Crippen LogP) is 2.58. The van der Waals surface area contributed by atoms with Crippen LogP contribution in [-0.4, -0.2) is 22.4 Å². The van der Waals surface area contributed by atoms with Crippen LogP contribution in [0.2, 0.25) is 0 Å². The molecule has 0 bridgehead atoms. The summed E-state index contributed by atoms with van der Waals surface area (Å²) in [5.74, 6) is 1.02. The van der Waals surface area contributed by atoms with Crippen LogP contribution in [0.25, 0.3) is 0 Å². The zero-order valence-corrected chi connectivity index (χ0v) is 10.5. The Bertz CT molecular complexity index is 201. The first kappa shape index (κ1) is 13.0. The molecule has 4 unspecified atom stereocenters. The zero-order valence-electron chi connectivity index (χ0n) is 10.5. The molecule has 0 aromatic carbocycles. The van der Waals surface area contributed by atoms with Gasteiger partial charge in [0.15, 0.2) is 0 Å². The van der Waals surface area contributed by atoms with Crippen molar-refractivity contribution in [1.29, 1.82) is 0 Å². The molecule has 0 aliphatic heterocycles. The van der Waals surface area contributed by atoms with Crippen molar-refractivity contribution >= 4 is 0 Å². The van der Waals surface area contributed by atoms with E-state index < -0.39 is 0 Å². The second kappa shape index (κ2) is 4.84. The molecule has 4 atom stereocenters. The topological polar surface area (TPSA) is 40.5 Å². The lowest BCUT2D eigenvalue weighted by molar-refractivity contribution is -0.0266. The molecule has 0 aromatic rings. The molecule has 1 aliphatic rings. The first-order chi connectivity index (χ1) is 6.84. The lowest BCUT2D eigenvalue weighted by Gasteiger charge is -2.42. The van der Waals surface area contributed by atoms with E-state index in [-0.39, 0.29) is 17.6 Å². The molecule has 0 saturated heterocycles. The molecule has 1 fully saturated rings. The number of hydrogen-bond acceptors (Lipinski definition) is 2. The van der Waals surface area contributed by atoms with Crippen LogP contribution in [0, 0.1) is 17.3 Å². The molecule has 2 heteroatoms. The Balaban J connectivity index is 2.56. The fraction of sp³-hybridized carbons (Fsp3) is 1.00. The van der Waals surface area contributed by atoms with Crippen LogP contribution < -0.4 is 0 Å². The molecular weight excluding hydrogens is 188 g/mol. The van der Waals surface area contributed by atoms with E-state index >= 15 is 0 Å². The fourth-order valence-corrected chi connectivity index (χ4v) is 3.14. The summed E-state index contributed by atoms with van der Waals surface area (Å²) in [5.41, 5.74) is 0.138. The van der Waals surface area contributed by atoms with Gasteiger partial charge in [0.1, 0.15) is 0 Å². The van der Waals surface area contributed by atoms with Crippen LogP contribution in [0.1, 0.15) is 53.4 Å². The lowest BCUT2D eigenvalue weighted by atomic mass is 9.65. The third-order valence-corrected chi connectivity index (χ3v) is 3.92. The second-order valence-electron chi connectivity index (χ2n) is 6.08. The number of aliphatic hydroxyl groups is 2. The predicted molar refractivity (Wildman–Crippen MR) is 62.6 cm³/mol. The third-order valence-electron chi connectivity index (χ3n) is 3.92. The SMILES string of the molecule is CC(O)CC1(C)CCC(C(C)C)C(O)C1. The highest BCUT2D eigenvalue weighted by molar-refractivity contribution is 4.89. The van der Waals surface area contributed by atoms with Gasteiger partial charge in [-0.2, -0.15) is 0 Å². The van der Waals surface area contributed by atoms with Gasteiger partial charge < -0.3 is 10.2 Å². The van der Waals surface area contributed by atoms with Gasteiger partial charge in [-0.15, -0.1) is 0 Å². The van der Waals surface area contributed by atoms with E-state index in [2.05, 4.69) is 20.8 Å². The van der Waals surface area contributed by atoms with Gasteiger partial charge in [-0.05, 0) is 49.9 Å². The summed E-state index contributed by atoms with van der Waals surface area (Å²) < 4.78 is 0. The Labute approximate surface area is 93.7 Å². The molecule has 15 heavy (non-hydrogen) atoms. The molecule has 0 radical (unpaired) electrons. The number of aliphatic hydroxyl groups excluding tert-OH is 2. The van der Waals surface area contributed by atoms with Crippen LogP contribution in [0.4, 0.5) is 0 Å². The van der Waals surface area contributed by atoms with E-state index in [1.165, 1.54) is 0 Å². The minimum atomic E-state index is -0.252. The number of hydrogen-bond donors (Lipinski definition) is 2. The van der Waals surface area contributed by atoms with Gasteiger partial charge in [0, 0.05) is 0 Å². The molecule has 0 amide bonds. The van der Waals surface area contributed by atoms with Crippen LogP contribution >= 0.6 is 0 Å². The number of rotatable bonds is 3. The summed E-state index contributed by atoms with van der Waals surface area (Å²) in [6.07, 6.45) is 3.47. The van der Waals surface area contributed by atoms with Crippen molar-refractivity contribution in [3.63, 3.8) is 0 Å². The first-order valence-electron chi connectivity index (χ1n) is 6.20. The Kier molecular flexibility index (Phi) is 4.19. The highest BCUT2D eigenvalue weighted by Crippen LogP contribution is 2.44. The van der Waals surface area contributed by atoms with Gasteiger partial charge in [-0.25, -0.2) is 0 Å². The fourth-order valence-electron chi connectivity index (χ4n) is 3.14. The largest absolute Gasteiger partial charge is 0.393 e. The average Bonchev–Trinajstić information content (AvgIpc) is 1.99. The Morgan fingerprint density at radius 1 is 1.33 bits per heavy atom. The van der Waals surface area contributed by atoms with E-state index in [0.29, 0.717) is 11.8 Å². The van der Waals surface area contributed by atoms with Crippen LogP contribution in [0.3, 0.4) is 0 Å². The van der Waals surface area contributed by atoms with Gasteiger partial charge in [-0.1, -0.05) is 20.8 Å². The minimum Gasteiger partial charge on any atom is -0.393 e. The summed E-state index contributed by atoms with van der Waals surface area (Å²) in [7, 11) is 0. The second-order valence-corrected chi connectivity index (χ2v) is 6.08. The molecule has 0 spiro atoms. The van der Waals surface area contributed by atoms with Crippen LogP contribution in [-0.2, 0) is 0 Å². The highest BCUT2D eigenvalue weighted by Gasteiger charge is 2.38. The van der Waals surface area contributed by atoms with Crippen molar-refractivity contribution in [2.75, 3.05) is 0 Å².